The maximum absolute atomic E-state index is 13.4. The van der Waals surface area contributed by atoms with Crippen LogP contribution in [0.1, 0.15) is 41.3 Å². The second-order valence-corrected chi connectivity index (χ2v) is 7.85. The zero-order valence-electron chi connectivity index (χ0n) is 17.5. The molecule has 7 nitrogen and oxygen atoms in total. The van der Waals surface area contributed by atoms with E-state index in [-0.39, 0.29) is 5.56 Å². The highest BCUT2D eigenvalue weighted by Crippen LogP contribution is 2.39. The number of hydrogen-bond acceptors (Lipinski definition) is 5. The molecule has 1 saturated carbocycles. The number of rotatable bonds is 4. The summed E-state index contributed by atoms with van der Waals surface area (Å²) in [5.41, 5.74) is 4.72. The van der Waals surface area contributed by atoms with Gasteiger partial charge < -0.3 is 9.30 Å². The van der Waals surface area contributed by atoms with E-state index < -0.39 is 0 Å². The summed E-state index contributed by atoms with van der Waals surface area (Å²) in [5.74, 6) is 1.67. The Bertz CT molecular complexity index is 1330. The van der Waals surface area contributed by atoms with E-state index in [1.54, 1.807) is 25.7 Å². The smallest absolute Gasteiger partial charge is 0.283 e. The predicted octanol–water partition coefficient (Wildman–Crippen LogP) is 3.78. The molecule has 0 unspecified atom stereocenters. The summed E-state index contributed by atoms with van der Waals surface area (Å²) in [5, 5.41) is 5.82. The molecule has 4 aromatic rings. The lowest BCUT2D eigenvalue weighted by atomic mass is 10.1. The zero-order chi connectivity index (χ0) is 21.0. The van der Waals surface area contributed by atoms with E-state index in [2.05, 4.69) is 19.6 Å². The summed E-state index contributed by atoms with van der Waals surface area (Å²) < 4.78 is 8.86. The number of nitrogens with zero attached hydrogens (tertiary/aromatic N) is 5. The highest BCUT2D eigenvalue weighted by molar-refractivity contribution is 5.88. The third-order valence-electron chi connectivity index (χ3n) is 6.01. The minimum Gasteiger partial charge on any atom is -0.496 e. The Morgan fingerprint density at radius 1 is 1.03 bits per heavy atom. The van der Waals surface area contributed by atoms with Crippen LogP contribution < -0.4 is 10.3 Å². The summed E-state index contributed by atoms with van der Waals surface area (Å²) in [6.45, 7) is 5.97. The first-order valence-corrected chi connectivity index (χ1v) is 10.1. The van der Waals surface area contributed by atoms with Crippen molar-refractivity contribution in [3.63, 3.8) is 0 Å². The number of ether oxygens (including phenoxy) is 1. The molecule has 152 valence electrons. The first kappa shape index (κ1) is 18.5. The van der Waals surface area contributed by atoms with Gasteiger partial charge in [-0.15, -0.1) is 0 Å². The monoisotopic (exact) mass is 401 g/mol. The molecule has 0 aliphatic heterocycles. The quantitative estimate of drug-likeness (QED) is 0.520. The van der Waals surface area contributed by atoms with Crippen LogP contribution in [0.15, 0.2) is 41.6 Å². The third kappa shape index (κ3) is 2.73. The van der Waals surface area contributed by atoms with E-state index >= 15 is 0 Å². The molecule has 3 aromatic heterocycles. The molecule has 0 amide bonds. The van der Waals surface area contributed by atoms with Gasteiger partial charge in [-0.25, -0.2) is 9.97 Å². The van der Waals surface area contributed by atoms with Crippen LogP contribution in [0.5, 0.6) is 5.75 Å². The molecular formula is C23H23N5O2. The van der Waals surface area contributed by atoms with Crippen molar-refractivity contribution in [3.05, 3.63) is 69.7 Å². The summed E-state index contributed by atoms with van der Waals surface area (Å²) >= 11 is 0. The molecule has 0 saturated heterocycles. The van der Waals surface area contributed by atoms with Gasteiger partial charge in [0, 0.05) is 34.7 Å². The topological polar surface area (TPSA) is 74.8 Å². The van der Waals surface area contributed by atoms with Crippen LogP contribution >= 0.6 is 0 Å². The molecule has 0 spiro atoms. The normalized spacial score (nSPS) is 13.7. The van der Waals surface area contributed by atoms with Gasteiger partial charge in [-0.3, -0.25) is 4.79 Å². The van der Waals surface area contributed by atoms with Gasteiger partial charge in [0.05, 0.1) is 24.4 Å². The first-order chi connectivity index (χ1) is 14.5. The van der Waals surface area contributed by atoms with Gasteiger partial charge in [0.25, 0.3) is 11.5 Å². The van der Waals surface area contributed by atoms with Crippen LogP contribution in [-0.2, 0) is 0 Å². The summed E-state index contributed by atoms with van der Waals surface area (Å²) in [4.78, 5) is 22.2. The van der Waals surface area contributed by atoms with Crippen molar-refractivity contribution in [1.82, 2.24) is 24.3 Å². The number of aromatic nitrogens is 5. The van der Waals surface area contributed by atoms with E-state index in [1.165, 1.54) is 17.5 Å². The van der Waals surface area contributed by atoms with Gasteiger partial charge in [-0.1, -0.05) is 6.07 Å². The molecule has 1 aromatic carbocycles. The number of fused-ring (bicyclic) bond motifs is 1. The fourth-order valence-electron chi connectivity index (χ4n) is 4.20. The Kier molecular flexibility index (Phi) is 4.20. The van der Waals surface area contributed by atoms with Crippen molar-refractivity contribution in [1.29, 1.82) is 0 Å². The Hall–Kier alpha value is -3.48. The van der Waals surface area contributed by atoms with Crippen LogP contribution in [0.3, 0.4) is 0 Å². The molecule has 1 aliphatic rings. The largest absolute Gasteiger partial charge is 0.496 e. The van der Waals surface area contributed by atoms with Crippen molar-refractivity contribution in [2.24, 2.45) is 0 Å². The second kappa shape index (κ2) is 6.79. The van der Waals surface area contributed by atoms with Gasteiger partial charge in [0.1, 0.15) is 5.75 Å². The Morgan fingerprint density at radius 2 is 1.77 bits per heavy atom. The number of hydrogen-bond donors (Lipinski definition) is 0. The Labute approximate surface area is 174 Å². The van der Waals surface area contributed by atoms with Crippen LogP contribution in [0.25, 0.3) is 22.4 Å². The molecule has 5 rings (SSSR count). The Morgan fingerprint density at radius 3 is 2.43 bits per heavy atom. The molecule has 0 radical (unpaired) electrons. The summed E-state index contributed by atoms with van der Waals surface area (Å²) in [6.07, 6.45) is 7.71. The molecule has 0 bridgehead atoms. The second-order valence-electron chi connectivity index (χ2n) is 7.85. The number of benzene rings is 1. The average molecular weight is 401 g/mol. The molecule has 3 heterocycles. The van der Waals surface area contributed by atoms with E-state index in [1.807, 2.05) is 39.0 Å². The molecule has 0 atom stereocenters. The third-order valence-corrected chi connectivity index (χ3v) is 6.01. The number of methoxy groups -OCH3 is 1. The van der Waals surface area contributed by atoms with Gasteiger partial charge in [-0.05, 0) is 57.2 Å². The molecule has 1 fully saturated rings. The van der Waals surface area contributed by atoms with Gasteiger partial charge >= 0.3 is 0 Å². The van der Waals surface area contributed by atoms with Crippen LogP contribution in [0.2, 0.25) is 0 Å². The van der Waals surface area contributed by atoms with Crippen LogP contribution in [-0.4, -0.2) is 31.4 Å². The lowest BCUT2D eigenvalue weighted by molar-refractivity contribution is 0.411. The number of aryl methyl sites for hydroxylation is 2. The maximum atomic E-state index is 13.4. The first-order valence-electron chi connectivity index (χ1n) is 10.1. The lowest BCUT2D eigenvalue weighted by Crippen LogP contribution is -2.23. The van der Waals surface area contributed by atoms with Crippen molar-refractivity contribution in [2.75, 3.05) is 7.11 Å². The molecule has 0 N–H and O–H groups in total. The van der Waals surface area contributed by atoms with Gasteiger partial charge in [0.2, 0.25) is 0 Å². The lowest BCUT2D eigenvalue weighted by Gasteiger charge is -2.14. The van der Waals surface area contributed by atoms with E-state index in [9.17, 15) is 4.79 Å². The minimum absolute atomic E-state index is 0.216. The molecular weight excluding hydrogens is 378 g/mol. The standard InChI is InChI=1S/C23H23N5O2/c1-13-19(6-5-7-20(13)30-4)27-14(2)18-12-26-28(22(29)21(18)15(27)3)23-24-10-17(11-25-23)16-8-9-16/h5-7,10-12,16H,8-9H2,1-4H3. The SMILES string of the molecule is COc1cccc(-n2c(C)c3cnn(-c4ncc(C5CC5)cn4)c(=O)c3c2C)c1C. The Balaban J connectivity index is 1.69. The van der Waals surface area contributed by atoms with Crippen molar-refractivity contribution in [3.8, 4) is 17.4 Å². The maximum Gasteiger partial charge on any atom is 0.283 e. The van der Waals surface area contributed by atoms with Crippen molar-refractivity contribution >= 4 is 10.8 Å². The van der Waals surface area contributed by atoms with Crippen LogP contribution in [0.4, 0.5) is 0 Å². The molecule has 7 heteroatoms. The highest BCUT2D eigenvalue weighted by Gasteiger charge is 2.25. The highest BCUT2D eigenvalue weighted by atomic mass is 16.5. The predicted molar refractivity (Wildman–Crippen MR) is 115 cm³/mol. The van der Waals surface area contributed by atoms with E-state index in [4.69, 9.17) is 4.74 Å². The molecule has 30 heavy (non-hydrogen) atoms. The van der Waals surface area contributed by atoms with E-state index in [0.717, 1.165) is 39.3 Å². The fourth-order valence-corrected chi connectivity index (χ4v) is 4.20. The van der Waals surface area contributed by atoms with Crippen molar-refractivity contribution in [2.45, 2.75) is 39.5 Å². The fraction of sp³-hybridized carbons (Fsp3) is 0.304. The zero-order valence-corrected chi connectivity index (χ0v) is 17.5. The van der Waals surface area contributed by atoms with Crippen molar-refractivity contribution < 1.29 is 4.74 Å². The van der Waals surface area contributed by atoms with Crippen LogP contribution in [0, 0.1) is 20.8 Å². The molecule has 1 aliphatic carbocycles. The minimum atomic E-state index is -0.216. The average Bonchev–Trinajstić information content (AvgIpc) is 3.56. The summed E-state index contributed by atoms with van der Waals surface area (Å²) in [6, 6.07) is 5.92. The van der Waals surface area contributed by atoms with Gasteiger partial charge in [-0.2, -0.15) is 9.78 Å². The van der Waals surface area contributed by atoms with E-state index in [0.29, 0.717) is 17.3 Å². The summed E-state index contributed by atoms with van der Waals surface area (Å²) in [7, 11) is 1.66. The van der Waals surface area contributed by atoms with Gasteiger partial charge in [0.15, 0.2) is 0 Å².